The van der Waals surface area contributed by atoms with Gasteiger partial charge in [0.25, 0.3) is 0 Å². The molecular weight excluding hydrogens is 448 g/mol. The van der Waals surface area contributed by atoms with E-state index in [1.54, 1.807) is 18.3 Å². The van der Waals surface area contributed by atoms with Crippen molar-refractivity contribution in [3.63, 3.8) is 0 Å². The number of hydrogen-bond donors (Lipinski definition) is 0. The van der Waals surface area contributed by atoms with Gasteiger partial charge in [0, 0.05) is 23.2 Å². The molecule has 1 fully saturated rings. The first-order valence-corrected chi connectivity index (χ1v) is 13.4. The molecule has 0 spiro atoms. The van der Waals surface area contributed by atoms with E-state index in [4.69, 9.17) is 14.2 Å². The highest BCUT2D eigenvalue weighted by molar-refractivity contribution is 5.61. The van der Waals surface area contributed by atoms with E-state index < -0.39 is 17.9 Å². The highest BCUT2D eigenvalue weighted by Gasteiger charge is 2.24. The van der Waals surface area contributed by atoms with Gasteiger partial charge in [-0.15, -0.1) is 0 Å². The third-order valence-corrected chi connectivity index (χ3v) is 6.57. The van der Waals surface area contributed by atoms with Crippen molar-refractivity contribution >= 4 is 0 Å². The molecule has 0 saturated carbocycles. The van der Waals surface area contributed by atoms with E-state index in [-0.39, 0.29) is 11.3 Å². The maximum Gasteiger partial charge on any atom is 0.201 e. The standard InChI is InChI=1S/C29H41F2NO3/c1-3-5-7-9-10-11-13-22-20-34-29(35-21-22)23-14-16-25(32-19-23)24-15-17-26(28(31)27(24)30)33-18-12-8-6-4-2/h14-17,19,22,29H,3-13,18,20-21H2,1-2H3/t22-,29-. The number of aromatic nitrogens is 1. The highest BCUT2D eigenvalue weighted by Crippen LogP contribution is 2.31. The van der Waals surface area contributed by atoms with Crippen LogP contribution < -0.4 is 4.74 Å². The van der Waals surface area contributed by atoms with Crippen LogP contribution in [0.25, 0.3) is 11.3 Å². The monoisotopic (exact) mass is 489 g/mol. The summed E-state index contributed by atoms with van der Waals surface area (Å²) in [7, 11) is 0. The molecular formula is C29H41F2NO3. The second kappa shape index (κ2) is 15.1. The summed E-state index contributed by atoms with van der Waals surface area (Å²) < 4.78 is 46.5. The molecule has 0 bridgehead atoms. The Morgan fingerprint density at radius 3 is 2.20 bits per heavy atom. The number of hydrogen-bond acceptors (Lipinski definition) is 4. The molecule has 1 saturated heterocycles. The van der Waals surface area contributed by atoms with Gasteiger partial charge in [-0.3, -0.25) is 4.98 Å². The summed E-state index contributed by atoms with van der Waals surface area (Å²) in [6, 6.07) is 6.47. The van der Waals surface area contributed by atoms with Crippen LogP contribution in [-0.2, 0) is 9.47 Å². The predicted octanol–water partition coefficient (Wildman–Crippen LogP) is 8.40. The molecule has 4 nitrogen and oxygen atoms in total. The Morgan fingerprint density at radius 2 is 1.51 bits per heavy atom. The quantitative estimate of drug-likeness (QED) is 0.236. The molecule has 0 radical (unpaired) electrons. The molecule has 0 N–H and O–H groups in total. The van der Waals surface area contributed by atoms with Crippen molar-refractivity contribution in [1.82, 2.24) is 4.98 Å². The lowest BCUT2D eigenvalue weighted by Gasteiger charge is -2.29. The van der Waals surface area contributed by atoms with Crippen molar-refractivity contribution in [1.29, 1.82) is 0 Å². The minimum atomic E-state index is -0.973. The molecule has 0 atom stereocenters. The Morgan fingerprint density at radius 1 is 0.829 bits per heavy atom. The Labute approximate surface area is 209 Å². The predicted molar refractivity (Wildman–Crippen MR) is 135 cm³/mol. The number of nitrogens with zero attached hydrogens (tertiary/aromatic N) is 1. The molecule has 2 aromatic rings. The molecule has 1 aromatic heterocycles. The van der Waals surface area contributed by atoms with E-state index in [0.29, 0.717) is 31.4 Å². The molecule has 1 aromatic carbocycles. The van der Waals surface area contributed by atoms with Crippen LogP contribution in [0.5, 0.6) is 5.75 Å². The molecule has 0 amide bonds. The number of unbranched alkanes of at least 4 members (excludes halogenated alkanes) is 8. The minimum absolute atomic E-state index is 0.0566. The molecule has 194 valence electrons. The average Bonchev–Trinajstić information content (AvgIpc) is 2.89. The normalized spacial score (nSPS) is 18.1. The third-order valence-electron chi connectivity index (χ3n) is 6.57. The van der Waals surface area contributed by atoms with Gasteiger partial charge in [-0.25, -0.2) is 4.39 Å². The van der Waals surface area contributed by atoms with Gasteiger partial charge in [-0.1, -0.05) is 77.7 Å². The van der Waals surface area contributed by atoms with Gasteiger partial charge in [0.1, 0.15) is 0 Å². The van der Waals surface area contributed by atoms with Crippen LogP contribution >= 0.6 is 0 Å². The van der Waals surface area contributed by atoms with Gasteiger partial charge in [0.15, 0.2) is 17.9 Å². The Balaban J connectivity index is 1.48. The number of halogens is 2. The van der Waals surface area contributed by atoms with Gasteiger partial charge >= 0.3 is 0 Å². The van der Waals surface area contributed by atoms with E-state index in [1.165, 1.54) is 50.7 Å². The lowest BCUT2D eigenvalue weighted by Crippen LogP contribution is -2.27. The number of ether oxygens (including phenoxy) is 3. The van der Waals surface area contributed by atoms with Crippen LogP contribution in [0.15, 0.2) is 30.5 Å². The van der Waals surface area contributed by atoms with Crippen molar-refractivity contribution in [3.05, 3.63) is 47.7 Å². The van der Waals surface area contributed by atoms with Gasteiger partial charge in [-0.05, 0) is 31.0 Å². The van der Waals surface area contributed by atoms with Crippen LogP contribution in [0.3, 0.4) is 0 Å². The Bertz CT molecular complexity index is 867. The Kier molecular flexibility index (Phi) is 11.9. The summed E-state index contributed by atoms with van der Waals surface area (Å²) in [4.78, 5) is 4.35. The van der Waals surface area contributed by atoms with E-state index in [2.05, 4.69) is 18.8 Å². The molecule has 1 aliphatic heterocycles. The smallest absolute Gasteiger partial charge is 0.201 e. The van der Waals surface area contributed by atoms with Gasteiger partial charge in [0.2, 0.25) is 5.82 Å². The zero-order valence-electron chi connectivity index (χ0n) is 21.4. The topological polar surface area (TPSA) is 40.6 Å². The molecule has 3 rings (SSSR count). The fourth-order valence-electron chi connectivity index (χ4n) is 4.37. The first-order chi connectivity index (χ1) is 17.1. The van der Waals surface area contributed by atoms with E-state index in [9.17, 15) is 8.78 Å². The van der Waals surface area contributed by atoms with Gasteiger partial charge in [-0.2, -0.15) is 4.39 Å². The van der Waals surface area contributed by atoms with Crippen molar-refractivity contribution < 1.29 is 23.0 Å². The second-order valence-electron chi connectivity index (χ2n) is 9.55. The first-order valence-electron chi connectivity index (χ1n) is 13.4. The van der Waals surface area contributed by atoms with Crippen LogP contribution in [0.2, 0.25) is 0 Å². The fraction of sp³-hybridized carbons (Fsp3) is 0.621. The summed E-state index contributed by atoms with van der Waals surface area (Å²) >= 11 is 0. The number of benzene rings is 1. The Hall–Kier alpha value is -2.05. The zero-order chi connectivity index (χ0) is 24.9. The largest absolute Gasteiger partial charge is 0.490 e. The number of pyridine rings is 1. The summed E-state index contributed by atoms with van der Waals surface area (Å²) in [5.74, 6) is -1.55. The van der Waals surface area contributed by atoms with Crippen LogP contribution in [-0.4, -0.2) is 24.8 Å². The molecule has 6 heteroatoms. The van der Waals surface area contributed by atoms with Crippen LogP contribution in [0.4, 0.5) is 8.78 Å². The van der Waals surface area contributed by atoms with Crippen molar-refractivity contribution in [3.8, 4) is 17.0 Å². The highest BCUT2D eigenvalue weighted by atomic mass is 19.2. The summed E-state index contributed by atoms with van der Waals surface area (Å²) in [6.07, 6.45) is 14.0. The van der Waals surface area contributed by atoms with Crippen LogP contribution in [0.1, 0.15) is 96.3 Å². The van der Waals surface area contributed by atoms with Crippen molar-refractivity contribution in [2.24, 2.45) is 5.92 Å². The van der Waals surface area contributed by atoms with E-state index >= 15 is 0 Å². The van der Waals surface area contributed by atoms with E-state index in [1.807, 2.05) is 0 Å². The summed E-state index contributed by atoms with van der Waals surface area (Å²) in [5.41, 5.74) is 1.24. The maximum absolute atomic E-state index is 14.7. The SMILES string of the molecule is CCCCCCCC[C@H]1CO[C@H](c2ccc(-c3ccc(OCCCCCC)c(F)c3F)nc2)OC1. The van der Waals surface area contributed by atoms with Crippen molar-refractivity contribution in [2.45, 2.75) is 90.8 Å². The lowest BCUT2D eigenvalue weighted by molar-refractivity contribution is -0.206. The maximum atomic E-state index is 14.7. The number of rotatable bonds is 15. The summed E-state index contributed by atoms with van der Waals surface area (Å²) in [5, 5.41) is 0. The lowest BCUT2D eigenvalue weighted by atomic mass is 10.0. The van der Waals surface area contributed by atoms with Gasteiger partial charge < -0.3 is 14.2 Å². The van der Waals surface area contributed by atoms with Crippen molar-refractivity contribution in [2.75, 3.05) is 19.8 Å². The molecule has 0 aliphatic carbocycles. The fourth-order valence-corrected chi connectivity index (χ4v) is 4.37. The average molecular weight is 490 g/mol. The van der Waals surface area contributed by atoms with E-state index in [0.717, 1.165) is 37.7 Å². The third kappa shape index (κ3) is 8.53. The first kappa shape index (κ1) is 27.5. The molecule has 2 heterocycles. The van der Waals surface area contributed by atoms with Crippen LogP contribution in [0, 0.1) is 17.6 Å². The zero-order valence-corrected chi connectivity index (χ0v) is 21.4. The minimum Gasteiger partial charge on any atom is -0.490 e. The molecule has 35 heavy (non-hydrogen) atoms. The molecule has 0 unspecified atom stereocenters. The second-order valence-corrected chi connectivity index (χ2v) is 9.55. The summed E-state index contributed by atoms with van der Waals surface area (Å²) in [6.45, 7) is 6.07. The van der Waals surface area contributed by atoms with Gasteiger partial charge in [0.05, 0.1) is 25.5 Å². The molecule has 1 aliphatic rings.